The molecule has 0 saturated carbocycles. The molecule has 2 fully saturated rings. The fraction of sp³-hybridized carbons (Fsp3) is 0.619. The minimum Gasteiger partial charge on any atom is -0.493 e. The van der Waals surface area contributed by atoms with Crippen molar-refractivity contribution >= 4 is 24.2 Å². The number of nitrogens with zero attached hydrogens (tertiary/aromatic N) is 1. The normalized spacial score (nSPS) is 24.0. The van der Waals surface area contributed by atoms with E-state index in [1.165, 1.54) is 0 Å². The standard InChI is InChI=1S/C21H31N3O4.ClH/c1-14-17(5-4-9-22-14)23-21(26)16-12-20(25)24(13-16)10-8-15-6-7-18(27-2)19(11-15)28-3;/h6-7,11,14,16-17,22H,4-5,8-10,12-13H2,1-3H3,(H,23,26);1H. The number of rotatable bonds is 7. The van der Waals surface area contributed by atoms with Gasteiger partial charge in [0.05, 0.1) is 20.1 Å². The summed E-state index contributed by atoms with van der Waals surface area (Å²) in [5.74, 6) is 1.16. The third-order valence-corrected chi connectivity index (χ3v) is 5.79. The van der Waals surface area contributed by atoms with Crippen molar-refractivity contribution in [3.63, 3.8) is 0 Å². The predicted octanol–water partition coefficient (Wildman–Crippen LogP) is 1.77. The molecule has 7 nitrogen and oxygen atoms in total. The highest BCUT2D eigenvalue weighted by atomic mass is 35.5. The molecule has 2 N–H and O–H groups in total. The number of carbonyl (C=O) groups excluding carboxylic acids is 2. The number of benzene rings is 1. The summed E-state index contributed by atoms with van der Waals surface area (Å²) in [7, 11) is 3.22. The highest BCUT2D eigenvalue weighted by Gasteiger charge is 2.35. The van der Waals surface area contributed by atoms with Gasteiger partial charge in [0.1, 0.15) is 0 Å². The van der Waals surface area contributed by atoms with Crippen molar-refractivity contribution in [3.8, 4) is 11.5 Å². The van der Waals surface area contributed by atoms with Crippen molar-refractivity contribution in [2.24, 2.45) is 5.92 Å². The van der Waals surface area contributed by atoms with Crippen LogP contribution in [0.2, 0.25) is 0 Å². The maximum atomic E-state index is 12.6. The van der Waals surface area contributed by atoms with Gasteiger partial charge in [0.15, 0.2) is 11.5 Å². The molecule has 3 atom stereocenters. The maximum absolute atomic E-state index is 12.6. The molecule has 3 unspecified atom stereocenters. The summed E-state index contributed by atoms with van der Waals surface area (Å²) in [6, 6.07) is 6.20. The van der Waals surface area contributed by atoms with Crippen LogP contribution < -0.4 is 20.1 Å². The van der Waals surface area contributed by atoms with Crippen LogP contribution in [0.25, 0.3) is 0 Å². The van der Waals surface area contributed by atoms with E-state index in [4.69, 9.17) is 9.47 Å². The molecule has 8 heteroatoms. The summed E-state index contributed by atoms with van der Waals surface area (Å²) in [5, 5.41) is 6.53. The Morgan fingerprint density at radius 1 is 1.28 bits per heavy atom. The molecule has 0 aromatic heterocycles. The van der Waals surface area contributed by atoms with Gasteiger partial charge >= 0.3 is 0 Å². The number of hydrogen-bond acceptors (Lipinski definition) is 5. The smallest absolute Gasteiger partial charge is 0.225 e. The van der Waals surface area contributed by atoms with Gasteiger partial charge < -0.3 is 25.0 Å². The lowest BCUT2D eigenvalue weighted by atomic mass is 9.98. The molecule has 2 saturated heterocycles. The zero-order valence-electron chi connectivity index (χ0n) is 17.4. The molecule has 1 aromatic carbocycles. The third kappa shape index (κ3) is 5.76. The number of piperidine rings is 1. The molecule has 0 spiro atoms. The van der Waals surface area contributed by atoms with E-state index in [9.17, 15) is 9.59 Å². The quantitative estimate of drug-likeness (QED) is 0.696. The van der Waals surface area contributed by atoms with Gasteiger partial charge in [0.2, 0.25) is 11.8 Å². The summed E-state index contributed by atoms with van der Waals surface area (Å²) in [6.07, 6.45) is 3.07. The van der Waals surface area contributed by atoms with Crippen LogP contribution in [0, 0.1) is 5.92 Å². The van der Waals surface area contributed by atoms with Crippen molar-refractivity contribution in [1.29, 1.82) is 0 Å². The first kappa shape index (κ1) is 23.3. The van der Waals surface area contributed by atoms with Crippen LogP contribution in [0.1, 0.15) is 31.7 Å². The van der Waals surface area contributed by atoms with Crippen LogP contribution in [0.15, 0.2) is 18.2 Å². The molecule has 2 aliphatic rings. The SMILES string of the molecule is COc1ccc(CCN2CC(C(=O)NC3CCCNC3C)CC2=O)cc1OC.Cl. The van der Waals surface area contributed by atoms with E-state index in [1.54, 1.807) is 19.1 Å². The molecule has 1 aromatic rings. The van der Waals surface area contributed by atoms with Gasteiger partial charge in [-0.15, -0.1) is 12.4 Å². The molecule has 2 aliphatic heterocycles. The molecule has 29 heavy (non-hydrogen) atoms. The Labute approximate surface area is 178 Å². The lowest BCUT2D eigenvalue weighted by molar-refractivity contribution is -0.129. The molecule has 2 amide bonds. The van der Waals surface area contributed by atoms with Crippen LogP contribution in [-0.4, -0.2) is 62.7 Å². The molecule has 0 aliphatic carbocycles. The number of ether oxygens (including phenoxy) is 2. The van der Waals surface area contributed by atoms with E-state index in [1.807, 2.05) is 18.2 Å². The Balaban J connectivity index is 0.00000300. The maximum Gasteiger partial charge on any atom is 0.225 e. The summed E-state index contributed by atoms with van der Waals surface area (Å²) >= 11 is 0. The first-order valence-electron chi connectivity index (χ1n) is 10.0. The molecule has 0 radical (unpaired) electrons. The van der Waals surface area contributed by atoms with E-state index in [0.717, 1.165) is 24.9 Å². The van der Waals surface area contributed by atoms with Gasteiger partial charge in [-0.2, -0.15) is 0 Å². The Morgan fingerprint density at radius 3 is 2.72 bits per heavy atom. The van der Waals surface area contributed by atoms with E-state index < -0.39 is 0 Å². The van der Waals surface area contributed by atoms with Gasteiger partial charge in [0, 0.05) is 31.6 Å². The lowest BCUT2D eigenvalue weighted by Crippen LogP contribution is -2.53. The van der Waals surface area contributed by atoms with Crippen LogP contribution >= 0.6 is 12.4 Å². The van der Waals surface area contributed by atoms with Crippen LogP contribution in [0.4, 0.5) is 0 Å². The van der Waals surface area contributed by atoms with Gasteiger partial charge in [-0.05, 0) is 50.4 Å². The van der Waals surface area contributed by atoms with Crippen molar-refractivity contribution in [2.45, 2.75) is 44.7 Å². The van der Waals surface area contributed by atoms with Gasteiger partial charge in [-0.25, -0.2) is 0 Å². The number of methoxy groups -OCH3 is 2. The van der Waals surface area contributed by atoms with Crippen LogP contribution in [0.3, 0.4) is 0 Å². The van der Waals surface area contributed by atoms with Crippen molar-refractivity contribution in [1.82, 2.24) is 15.5 Å². The fourth-order valence-electron chi connectivity index (χ4n) is 4.01. The molecule has 162 valence electrons. The molecule has 0 bridgehead atoms. The first-order valence-corrected chi connectivity index (χ1v) is 10.0. The second kappa shape index (κ2) is 10.7. The van der Waals surface area contributed by atoms with Gasteiger partial charge in [-0.3, -0.25) is 9.59 Å². The minimum atomic E-state index is -0.257. The van der Waals surface area contributed by atoms with Gasteiger partial charge in [0.25, 0.3) is 0 Å². The number of amides is 2. The summed E-state index contributed by atoms with van der Waals surface area (Å²) in [6.45, 7) is 4.19. The van der Waals surface area contributed by atoms with Crippen molar-refractivity contribution in [2.75, 3.05) is 33.9 Å². The monoisotopic (exact) mass is 425 g/mol. The second-order valence-corrected chi connectivity index (χ2v) is 7.68. The predicted molar refractivity (Wildman–Crippen MR) is 114 cm³/mol. The summed E-state index contributed by atoms with van der Waals surface area (Å²) in [4.78, 5) is 26.8. The van der Waals surface area contributed by atoms with Crippen molar-refractivity contribution < 1.29 is 19.1 Å². The average molecular weight is 426 g/mol. The van der Waals surface area contributed by atoms with Crippen molar-refractivity contribution in [3.05, 3.63) is 23.8 Å². The number of likely N-dealkylation sites (tertiary alicyclic amines) is 1. The Bertz CT molecular complexity index is 715. The summed E-state index contributed by atoms with van der Waals surface area (Å²) in [5.41, 5.74) is 1.07. The topological polar surface area (TPSA) is 79.9 Å². The van der Waals surface area contributed by atoms with E-state index >= 15 is 0 Å². The number of carbonyl (C=O) groups is 2. The molecule has 2 heterocycles. The Kier molecular flexibility index (Phi) is 8.59. The Hall–Kier alpha value is -1.99. The number of hydrogen-bond donors (Lipinski definition) is 2. The number of halogens is 1. The molecule has 3 rings (SSSR count). The van der Waals surface area contributed by atoms with Crippen LogP contribution in [-0.2, 0) is 16.0 Å². The first-order chi connectivity index (χ1) is 13.5. The molecular formula is C21H32ClN3O4. The number of nitrogens with one attached hydrogen (secondary N) is 2. The zero-order chi connectivity index (χ0) is 20.1. The lowest BCUT2D eigenvalue weighted by Gasteiger charge is -2.31. The zero-order valence-corrected chi connectivity index (χ0v) is 18.2. The molecular weight excluding hydrogens is 394 g/mol. The summed E-state index contributed by atoms with van der Waals surface area (Å²) < 4.78 is 10.6. The average Bonchev–Trinajstić information content (AvgIpc) is 3.08. The second-order valence-electron chi connectivity index (χ2n) is 7.68. The van der Waals surface area contributed by atoms with E-state index in [-0.39, 0.29) is 42.2 Å². The minimum absolute atomic E-state index is 0. The van der Waals surface area contributed by atoms with Crippen LogP contribution in [0.5, 0.6) is 11.5 Å². The fourth-order valence-corrected chi connectivity index (χ4v) is 4.01. The largest absolute Gasteiger partial charge is 0.493 e. The van der Waals surface area contributed by atoms with E-state index in [0.29, 0.717) is 37.4 Å². The third-order valence-electron chi connectivity index (χ3n) is 5.79. The highest BCUT2D eigenvalue weighted by molar-refractivity contribution is 5.89. The van der Waals surface area contributed by atoms with Gasteiger partial charge in [-0.1, -0.05) is 6.07 Å². The van der Waals surface area contributed by atoms with E-state index in [2.05, 4.69) is 17.6 Å². The Morgan fingerprint density at radius 2 is 2.03 bits per heavy atom. The highest BCUT2D eigenvalue weighted by Crippen LogP contribution is 2.28.